The molecular weight excluding hydrogens is 259 g/mol. The van der Waals surface area contributed by atoms with E-state index in [0.717, 1.165) is 17.1 Å². The number of Topliss-reactive ketones (excluding diaryl/α,β-unsaturated/α-hetero) is 1. The van der Waals surface area contributed by atoms with Crippen LogP contribution in [0, 0.1) is 0 Å². The van der Waals surface area contributed by atoms with E-state index >= 15 is 0 Å². The quantitative estimate of drug-likeness (QED) is 0.724. The Balaban J connectivity index is 2.12. The number of ketones is 1. The van der Waals surface area contributed by atoms with Crippen LogP contribution in [-0.4, -0.2) is 22.6 Å². The molecule has 1 fully saturated rings. The van der Waals surface area contributed by atoms with Gasteiger partial charge in [-0.25, -0.2) is 4.99 Å². The summed E-state index contributed by atoms with van der Waals surface area (Å²) in [5.41, 5.74) is 1.73. The molecule has 1 aromatic carbocycles. The van der Waals surface area contributed by atoms with E-state index in [1.807, 2.05) is 17.9 Å². The molecule has 0 aliphatic carbocycles. The molecule has 2 heterocycles. The Morgan fingerprint density at radius 3 is 2.94 bits per heavy atom. The van der Waals surface area contributed by atoms with Crippen LogP contribution in [0.4, 0.5) is 5.69 Å². The summed E-state index contributed by atoms with van der Waals surface area (Å²) in [5.74, 6) is 1.05. The Kier molecular flexibility index (Phi) is 2.42. The van der Waals surface area contributed by atoms with Gasteiger partial charge in [-0.1, -0.05) is 23.2 Å². The zero-order chi connectivity index (χ0) is 12.2. The van der Waals surface area contributed by atoms with Crippen LogP contribution in [0.5, 0.6) is 0 Å². The molecular formula is C12H10Cl2N2O. The van der Waals surface area contributed by atoms with Crippen molar-refractivity contribution in [3.63, 3.8) is 0 Å². The molecule has 5 heteroatoms. The van der Waals surface area contributed by atoms with Crippen molar-refractivity contribution in [2.24, 2.45) is 4.99 Å². The van der Waals surface area contributed by atoms with Gasteiger partial charge in [0.2, 0.25) is 0 Å². The fourth-order valence-corrected chi connectivity index (χ4v) is 2.68. The Morgan fingerprint density at radius 2 is 2.18 bits per heavy atom. The summed E-state index contributed by atoms with van der Waals surface area (Å²) in [7, 11) is 0. The van der Waals surface area contributed by atoms with Gasteiger partial charge in [0.25, 0.3) is 0 Å². The number of hydrogen-bond donors (Lipinski definition) is 0. The topological polar surface area (TPSA) is 32.7 Å². The first-order valence-corrected chi connectivity index (χ1v) is 6.17. The number of benzene rings is 1. The van der Waals surface area contributed by atoms with Crippen molar-refractivity contribution in [2.45, 2.75) is 25.9 Å². The van der Waals surface area contributed by atoms with Crippen molar-refractivity contribution in [2.75, 3.05) is 0 Å². The SMILES string of the molecule is CC1C(=O)CC2=Nc3ccc(Cl)c(Cl)c3CN21. The number of halogens is 2. The molecule has 0 bridgehead atoms. The molecule has 3 nitrogen and oxygen atoms in total. The van der Waals surface area contributed by atoms with E-state index in [0.29, 0.717) is 23.0 Å². The third kappa shape index (κ3) is 1.57. The molecule has 1 unspecified atom stereocenters. The van der Waals surface area contributed by atoms with Gasteiger partial charge in [-0.2, -0.15) is 0 Å². The lowest BCUT2D eigenvalue weighted by Gasteiger charge is -2.28. The minimum Gasteiger partial charge on any atom is -0.345 e. The molecule has 0 radical (unpaired) electrons. The van der Waals surface area contributed by atoms with Crippen molar-refractivity contribution in [1.29, 1.82) is 0 Å². The van der Waals surface area contributed by atoms with Crippen LogP contribution < -0.4 is 0 Å². The molecule has 3 rings (SSSR count). The lowest BCUT2D eigenvalue weighted by Crippen LogP contribution is -2.34. The largest absolute Gasteiger partial charge is 0.345 e. The average molecular weight is 269 g/mol. The molecule has 0 aromatic heterocycles. The summed E-state index contributed by atoms with van der Waals surface area (Å²) in [6.45, 7) is 2.51. The van der Waals surface area contributed by atoms with E-state index in [2.05, 4.69) is 4.99 Å². The molecule has 2 aliphatic rings. The summed E-state index contributed by atoms with van der Waals surface area (Å²) in [5, 5.41) is 1.07. The number of carbonyl (C=O) groups is 1. The van der Waals surface area contributed by atoms with E-state index in [1.54, 1.807) is 6.07 Å². The number of fused-ring (bicyclic) bond motifs is 2. The molecule has 0 spiro atoms. The third-order valence-electron chi connectivity index (χ3n) is 3.35. The number of amidine groups is 1. The summed E-state index contributed by atoms with van der Waals surface area (Å²) >= 11 is 12.2. The average Bonchev–Trinajstić information content (AvgIpc) is 2.58. The van der Waals surface area contributed by atoms with Crippen molar-refractivity contribution in [3.05, 3.63) is 27.7 Å². The Morgan fingerprint density at radius 1 is 1.41 bits per heavy atom. The maximum atomic E-state index is 11.7. The van der Waals surface area contributed by atoms with Gasteiger partial charge in [0.05, 0.1) is 28.2 Å². The predicted molar refractivity (Wildman–Crippen MR) is 68.2 cm³/mol. The summed E-state index contributed by atoms with van der Waals surface area (Å²) < 4.78 is 0. The second-order valence-electron chi connectivity index (χ2n) is 4.33. The summed E-state index contributed by atoms with van der Waals surface area (Å²) in [4.78, 5) is 18.1. The standard InChI is InChI=1S/C12H10Cl2N2O/c1-6-10(17)4-11-15-9-3-2-8(13)12(14)7(9)5-16(6)11/h2-3,6H,4-5H2,1H3. The first-order valence-electron chi connectivity index (χ1n) is 5.41. The van der Waals surface area contributed by atoms with Gasteiger partial charge in [-0.15, -0.1) is 0 Å². The van der Waals surface area contributed by atoms with Gasteiger partial charge in [0.15, 0.2) is 5.78 Å². The number of carbonyl (C=O) groups excluding carboxylic acids is 1. The Labute approximate surface area is 109 Å². The maximum absolute atomic E-state index is 11.7. The zero-order valence-corrected chi connectivity index (χ0v) is 10.7. The van der Waals surface area contributed by atoms with Gasteiger partial charge in [-0.05, 0) is 19.1 Å². The normalized spacial score (nSPS) is 22.3. The van der Waals surface area contributed by atoms with E-state index in [-0.39, 0.29) is 11.8 Å². The molecule has 1 aromatic rings. The number of rotatable bonds is 0. The van der Waals surface area contributed by atoms with Gasteiger partial charge < -0.3 is 4.90 Å². The van der Waals surface area contributed by atoms with Crippen LogP contribution in [0.15, 0.2) is 17.1 Å². The monoisotopic (exact) mass is 268 g/mol. The maximum Gasteiger partial charge on any atom is 0.162 e. The predicted octanol–water partition coefficient (Wildman–Crippen LogP) is 3.20. The van der Waals surface area contributed by atoms with Crippen LogP contribution >= 0.6 is 23.2 Å². The molecule has 88 valence electrons. The van der Waals surface area contributed by atoms with Crippen LogP contribution in [0.2, 0.25) is 10.0 Å². The minimum absolute atomic E-state index is 0.114. The van der Waals surface area contributed by atoms with Crippen LogP contribution in [0.1, 0.15) is 18.9 Å². The second kappa shape index (κ2) is 3.72. The highest BCUT2D eigenvalue weighted by Crippen LogP contribution is 2.38. The van der Waals surface area contributed by atoms with E-state index in [1.165, 1.54) is 0 Å². The van der Waals surface area contributed by atoms with Crippen molar-refractivity contribution in [1.82, 2.24) is 4.90 Å². The lowest BCUT2D eigenvalue weighted by atomic mass is 10.1. The lowest BCUT2D eigenvalue weighted by molar-refractivity contribution is -0.119. The van der Waals surface area contributed by atoms with E-state index in [4.69, 9.17) is 23.2 Å². The number of nitrogens with zero attached hydrogens (tertiary/aromatic N) is 2. The van der Waals surface area contributed by atoms with Gasteiger partial charge in [0.1, 0.15) is 5.84 Å². The second-order valence-corrected chi connectivity index (χ2v) is 5.12. The van der Waals surface area contributed by atoms with Gasteiger partial charge in [0, 0.05) is 12.1 Å². The summed E-state index contributed by atoms with van der Waals surface area (Å²) in [6.07, 6.45) is 0.418. The highest BCUT2D eigenvalue weighted by Gasteiger charge is 2.36. The fraction of sp³-hybridized carbons (Fsp3) is 0.333. The van der Waals surface area contributed by atoms with Crippen molar-refractivity contribution < 1.29 is 4.79 Å². The zero-order valence-electron chi connectivity index (χ0n) is 9.20. The molecule has 2 aliphatic heterocycles. The van der Waals surface area contributed by atoms with Crippen molar-refractivity contribution in [3.8, 4) is 0 Å². The molecule has 1 saturated heterocycles. The Hall–Kier alpha value is -1.06. The smallest absolute Gasteiger partial charge is 0.162 e. The van der Waals surface area contributed by atoms with Crippen LogP contribution in [0.3, 0.4) is 0 Å². The third-order valence-corrected chi connectivity index (χ3v) is 4.19. The number of aliphatic imine (C=N–C) groups is 1. The van der Waals surface area contributed by atoms with E-state index < -0.39 is 0 Å². The first kappa shape index (κ1) is 11.1. The van der Waals surface area contributed by atoms with Crippen LogP contribution in [-0.2, 0) is 11.3 Å². The van der Waals surface area contributed by atoms with E-state index in [9.17, 15) is 4.79 Å². The van der Waals surface area contributed by atoms with Gasteiger partial charge in [-0.3, -0.25) is 4.79 Å². The number of hydrogen-bond acceptors (Lipinski definition) is 3. The molecule has 1 atom stereocenters. The molecule has 0 N–H and O–H groups in total. The molecule has 17 heavy (non-hydrogen) atoms. The highest BCUT2D eigenvalue weighted by molar-refractivity contribution is 6.42. The van der Waals surface area contributed by atoms with Crippen molar-refractivity contribution >= 4 is 40.5 Å². The first-order chi connectivity index (χ1) is 8.08. The molecule has 0 amide bonds. The Bertz CT molecular complexity index is 554. The highest BCUT2D eigenvalue weighted by atomic mass is 35.5. The molecule has 0 saturated carbocycles. The van der Waals surface area contributed by atoms with Gasteiger partial charge >= 0.3 is 0 Å². The summed E-state index contributed by atoms with van der Waals surface area (Å²) in [6, 6.07) is 3.47. The fourth-order valence-electron chi connectivity index (χ4n) is 2.28. The minimum atomic E-state index is -0.114. The van der Waals surface area contributed by atoms with Crippen LogP contribution in [0.25, 0.3) is 0 Å².